The van der Waals surface area contributed by atoms with Gasteiger partial charge in [0.25, 0.3) is 0 Å². The number of aromatic hydroxyl groups is 2. The second kappa shape index (κ2) is 12.6. The fraction of sp³-hybridized carbons (Fsp3) is 0. The van der Waals surface area contributed by atoms with Crippen LogP contribution in [0.4, 0.5) is 8.78 Å². The number of aromatic nitrogens is 2. The van der Waals surface area contributed by atoms with Gasteiger partial charge in [-0.1, -0.05) is 24.3 Å². The molecule has 0 amide bonds. The molecule has 0 aliphatic carbocycles. The molecule has 0 saturated carbocycles. The molecule has 0 saturated heterocycles. The van der Waals surface area contributed by atoms with Crippen LogP contribution in [0.15, 0.2) is 72.8 Å². The summed E-state index contributed by atoms with van der Waals surface area (Å²) in [5, 5.41) is 19.9. The van der Waals surface area contributed by atoms with Crippen molar-refractivity contribution in [1.29, 1.82) is 0 Å². The zero-order valence-electron chi connectivity index (χ0n) is 16.0. The Hall–Kier alpha value is -2.41. The van der Waals surface area contributed by atoms with Crippen LogP contribution in [-0.2, 0) is 17.1 Å². The van der Waals surface area contributed by atoms with Crippen molar-refractivity contribution in [2.75, 3.05) is 0 Å². The second-order valence-corrected chi connectivity index (χ2v) is 6.09. The average molecular weight is 538 g/mol. The number of rotatable bonds is 3. The number of phenols is 2. The summed E-state index contributed by atoms with van der Waals surface area (Å²) in [5.74, 6) is -2.41. The van der Waals surface area contributed by atoms with Crippen LogP contribution in [0.1, 0.15) is 0 Å². The zero-order chi connectivity index (χ0) is 19.7. The number of pyridine rings is 2. The summed E-state index contributed by atoms with van der Waals surface area (Å²) in [4.78, 5) is 8.93. The number of phenolic OH excluding ortho intramolecular Hbond substituents is 2. The smallest absolute Gasteiger partial charge is 1.00 e. The Balaban J connectivity index is 0.00000240. The van der Waals surface area contributed by atoms with Crippen molar-refractivity contribution in [2.24, 2.45) is 0 Å². The summed E-state index contributed by atoms with van der Waals surface area (Å²) in [6, 6.07) is 18.6. The Morgan fingerprint density at radius 2 is 0.812 bits per heavy atom. The Morgan fingerprint density at radius 3 is 1.19 bits per heavy atom. The van der Waals surface area contributed by atoms with Gasteiger partial charge < -0.3 is 47.4 Å². The molecule has 0 bridgehead atoms. The molecule has 2 aromatic carbocycles. The van der Waals surface area contributed by atoms with E-state index in [1.165, 1.54) is 24.3 Å². The van der Waals surface area contributed by atoms with Crippen LogP contribution in [0.3, 0.4) is 0 Å². The summed E-state index contributed by atoms with van der Waals surface area (Å²) in [5.41, 5.74) is 2.27. The number of benzene rings is 2. The maximum atomic E-state index is 13.7. The number of halogens is 5. The minimum absolute atomic E-state index is 0. The van der Waals surface area contributed by atoms with Crippen molar-refractivity contribution >= 4 is 0 Å². The van der Waals surface area contributed by atoms with E-state index in [2.05, 4.69) is 9.97 Å². The quantitative estimate of drug-likeness (QED) is 0.263. The van der Waals surface area contributed by atoms with Crippen molar-refractivity contribution < 1.29 is 73.3 Å². The molecule has 0 atom stereocenters. The van der Waals surface area contributed by atoms with E-state index >= 15 is 0 Å². The molecule has 166 valence electrons. The first-order valence-electron chi connectivity index (χ1n) is 8.45. The summed E-state index contributed by atoms with van der Waals surface area (Å²) in [7, 11) is 0. The normalized spacial score (nSPS) is 9.44. The van der Waals surface area contributed by atoms with Gasteiger partial charge >= 0.3 is 17.1 Å². The molecule has 2 aromatic heterocycles. The van der Waals surface area contributed by atoms with E-state index in [0.717, 1.165) is 0 Å². The van der Waals surface area contributed by atoms with Crippen molar-refractivity contribution in [2.45, 2.75) is 0 Å². The SMILES string of the molecule is Oc1c(F)cccc1-c1cccc(-c2cccc(-c3cccc(F)c3O)n2)n1.[Cl-].[Cl-].[Cl-].[Mn+3]. The first-order valence-corrected chi connectivity index (χ1v) is 8.45. The van der Waals surface area contributed by atoms with Gasteiger partial charge in [0.1, 0.15) is 0 Å². The summed E-state index contributed by atoms with van der Waals surface area (Å²) in [6.45, 7) is 0. The molecule has 32 heavy (non-hydrogen) atoms. The van der Waals surface area contributed by atoms with Crippen molar-refractivity contribution in [3.63, 3.8) is 0 Å². The van der Waals surface area contributed by atoms with Crippen LogP contribution in [0.25, 0.3) is 33.9 Å². The summed E-state index contributed by atoms with van der Waals surface area (Å²) >= 11 is 0. The standard InChI is InChI=1S/C22H14F2N2O2.3ClH.Mn/c23-15-7-1-5-13(21(15)27)17-9-3-11-19(25-17)20-12-4-10-18(26-20)14-6-2-8-16(24)22(14)28;;;;/h1-12,27-28H;3*1H;/q;;;;+3/p-3. The number of hydrogen-bond donors (Lipinski definition) is 2. The predicted octanol–water partition coefficient (Wildman–Crippen LogP) is -3.82. The van der Waals surface area contributed by atoms with Crippen LogP contribution >= 0.6 is 0 Å². The Labute approximate surface area is 212 Å². The molecular weight excluding hydrogens is 524 g/mol. The molecule has 10 heteroatoms. The third-order valence-corrected chi connectivity index (χ3v) is 4.29. The van der Waals surface area contributed by atoms with Gasteiger partial charge in [0.05, 0.1) is 22.8 Å². The van der Waals surface area contributed by atoms with Crippen LogP contribution in [-0.4, -0.2) is 20.2 Å². The molecule has 2 N–H and O–H groups in total. The third kappa shape index (κ3) is 5.88. The van der Waals surface area contributed by atoms with E-state index in [1.54, 1.807) is 48.5 Å². The first kappa shape index (κ1) is 29.6. The van der Waals surface area contributed by atoms with E-state index in [4.69, 9.17) is 0 Å². The van der Waals surface area contributed by atoms with Gasteiger partial charge in [0.2, 0.25) is 0 Å². The molecule has 4 aromatic rings. The summed E-state index contributed by atoms with van der Waals surface area (Å²) in [6.07, 6.45) is 0. The first-order chi connectivity index (χ1) is 13.5. The van der Waals surface area contributed by atoms with E-state index < -0.39 is 23.1 Å². The molecule has 0 aliphatic heterocycles. The molecule has 0 aliphatic rings. The zero-order valence-corrected chi connectivity index (χ0v) is 19.4. The van der Waals surface area contributed by atoms with Gasteiger partial charge in [-0.25, -0.2) is 18.7 Å². The minimum atomic E-state index is -0.730. The Kier molecular flexibility index (Phi) is 11.6. The Morgan fingerprint density at radius 1 is 0.500 bits per heavy atom. The third-order valence-electron chi connectivity index (χ3n) is 4.29. The molecule has 0 spiro atoms. The molecule has 4 nitrogen and oxygen atoms in total. The van der Waals surface area contributed by atoms with Crippen molar-refractivity contribution in [3.05, 3.63) is 84.4 Å². The molecule has 2 heterocycles. The fourth-order valence-corrected chi connectivity index (χ4v) is 2.90. The van der Waals surface area contributed by atoms with Crippen LogP contribution < -0.4 is 37.2 Å². The van der Waals surface area contributed by atoms with E-state index in [1.807, 2.05) is 0 Å². The van der Waals surface area contributed by atoms with Gasteiger partial charge in [0, 0.05) is 11.1 Å². The topological polar surface area (TPSA) is 66.2 Å². The number of nitrogens with zero attached hydrogens (tertiary/aromatic N) is 2. The van der Waals surface area contributed by atoms with E-state index in [-0.39, 0.29) is 65.4 Å². The molecule has 0 radical (unpaired) electrons. The van der Waals surface area contributed by atoms with Crippen molar-refractivity contribution in [1.82, 2.24) is 9.97 Å². The van der Waals surface area contributed by atoms with Gasteiger partial charge in [-0.2, -0.15) is 0 Å². The predicted molar refractivity (Wildman–Crippen MR) is 102 cm³/mol. The van der Waals surface area contributed by atoms with Gasteiger partial charge in [0.15, 0.2) is 23.1 Å². The van der Waals surface area contributed by atoms with E-state index in [0.29, 0.717) is 22.8 Å². The molecule has 0 fully saturated rings. The van der Waals surface area contributed by atoms with E-state index in [9.17, 15) is 19.0 Å². The summed E-state index contributed by atoms with van der Waals surface area (Å²) < 4.78 is 27.3. The van der Waals surface area contributed by atoms with Crippen molar-refractivity contribution in [3.8, 4) is 45.4 Å². The maximum Gasteiger partial charge on any atom is 3.00 e. The second-order valence-electron chi connectivity index (χ2n) is 6.09. The largest absolute Gasteiger partial charge is 3.00 e. The molecular formula is C22H14Cl3F2MnN2O2. The Bertz CT molecular complexity index is 1110. The fourth-order valence-electron chi connectivity index (χ4n) is 2.90. The molecule has 0 unspecified atom stereocenters. The monoisotopic (exact) mass is 536 g/mol. The van der Waals surface area contributed by atoms with Crippen LogP contribution in [0.5, 0.6) is 11.5 Å². The average Bonchev–Trinajstić information content (AvgIpc) is 2.72. The van der Waals surface area contributed by atoms with Gasteiger partial charge in [-0.3, -0.25) is 0 Å². The maximum absolute atomic E-state index is 13.7. The number of hydrogen-bond acceptors (Lipinski definition) is 4. The van der Waals surface area contributed by atoms with Gasteiger partial charge in [-0.05, 0) is 48.5 Å². The minimum Gasteiger partial charge on any atom is -1.00 e. The van der Waals surface area contributed by atoms with Gasteiger partial charge in [-0.15, -0.1) is 0 Å². The van der Waals surface area contributed by atoms with Crippen LogP contribution in [0.2, 0.25) is 0 Å². The van der Waals surface area contributed by atoms with Crippen LogP contribution in [0, 0.1) is 11.6 Å². The molecule has 4 rings (SSSR count). The number of para-hydroxylation sites is 2.